The topological polar surface area (TPSA) is 63.2 Å². The summed E-state index contributed by atoms with van der Waals surface area (Å²) in [6, 6.07) is 10.0. The van der Waals surface area contributed by atoms with Gasteiger partial charge in [0.25, 0.3) is 0 Å². The van der Waals surface area contributed by atoms with E-state index in [2.05, 4.69) is 0 Å². The van der Waals surface area contributed by atoms with E-state index in [9.17, 15) is 14.4 Å². The summed E-state index contributed by atoms with van der Waals surface area (Å²) < 4.78 is 10.3. The Kier molecular flexibility index (Phi) is 7.98. The van der Waals surface area contributed by atoms with Crippen LogP contribution in [0.3, 0.4) is 0 Å². The van der Waals surface area contributed by atoms with Gasteiger partial charge in [-0.05, 0) is 31.0 Å². The summed E-state index contributed by atoms with van der Waals surface area (Å²) in [6.07, 6.45) is 2.95. The number of hydrogen-bond acceptors (Lipinski definition) is 3. The molecule has 0 bridgehead atoms. The second-order valence-corrected chi connectivity index (χ2v) is 5.30. The zero-order chi connectivity index (χ0) is 11.1. The predicted octanol–water partition coefficient (Wildman–Crippen LogP) is 1.31. The van der Waals surface area contributed by atoms with Crippen molar-refractivity contribution >= 4 is 7.60 Å². The maximum Gasteiger partial charge on any atom is 2.00 e. The van der Waals surface area contributed by atoms with Gasteiger partial charge in [0.15, 0.2) is 0 Å². The number of aryl methyl sites for hydroxylation is 1. The van der Waals surface area contributed by atoms with Gasteiger partial charge in [0.2, 0.25) is 0 Å². The van der Waals surface area contributed by atoms with Crippen molar-refractivity contribution in [1.29, 1.82) is 0 Å². The number of benzene rings is 1. The molecule has 3 nitrogen and oxygen atoms in total. The van der Waals surface area contributed by atoms with Crippen molar-refractivity contribution in [2.45, 2.75) is 25.7 Å². The van der Waals surface area contributed by atoms with E-state index in [0.717, 1.165) is 19.3 Å². The smallest absolute Gasteiger partial charge is 0.811 e. The molecule has 0 aliphatic heterocycles. The first-order chi connectivity index (χ1) is 7.08. The van der Waals surface area contributed by atoms with Gasteiger partial charge in [0, 0.05) is 0 Å². The second-order valence-electron chi connectivity index (χ2n) is 3.63. The van der Waals surface area contributed by atoms with Crippen molar-refractivity contribution in [3.8, 4) is 0 Å². The SMILES string of the molecule is O=P([O-])([O-])CCCCCc1ccccc1.[Co+2]. The molecule has 0 saturated heterocycles. The summed E-state index contributed by atoms with van der Waals surface area (Å²) in [5.41, 5.74) is 1.25. The Labute approximate surface area is 107 Å². The molecule has 0 atom stereocenters. The van der Waals surface area contributed by atoms with Crippen molar-refractivity contribution in [2.75, 3.05) is 6.16 Å². The van der Waals surface area contributed by atoms with Crippen molar-refractivity contribution in [3.05, 3.63) is 35.9 Å². The summed E-state index contributed by atoms with van der Waals surface area (Å²) in [7, 11) is -4.28. The van der Waals surface area contributed by atoms with Crippen LogP contribution in [0.15, 0.2) is 30.3 Å². The van der Waals surface area contributed by atoms with Crippen LogP contribution in [0, 0.1) is 0 Å². The Morgan fingerprint density at radius 1 is 1.00 bits per heavy atom. The normalized spacial score (nSPS) is 10.9. The van der Waals surface area contributed by atoms with Crippen LogP contribution >= 0.6 is 7.60 Å². The molecule has 0 fully saturated rings. The van der Waals surface area contributed by atoms with E-state index in [-0.39, 0.29) is 22.9 Å². The molecule has 0 heterocycles. The molecule has 0 aliphatic rings. The summed E-state index contributed by atoms with van der Waals surface area (Å²) in [4.78, 5) is 20.7. The van der Waals surface area contributed by atoms with Gasteiger partial charge in [-0.25, -0.2) is 0 Å². The maximum absolute atomic E-state index is 10.3. The predicted molar refractivity (Wildman–Crippen MR) is 56.5 cm³/mol. The van der Waals surface area contributed by atoms with E-state index in [1.54, 1.807) is 0 Å². The molecule has 0 aliphatic carbocycles. The molecule has 1 aromatic carbocycles. The first-order valence-electron chi connectivity index (χ1n) is 5.13. The van der Waals surface area contributed by atoms with Gasteiger partial charge < -0.3 is 14.4 Å². The van der Waals surface area contributed by atoms with Gasteiger partial charge in [-0.15, -0.1) is 0 Å². The molecule has 0 unspecified atom stereocenters. The van der Waals surface area contributed by atoms with Gasteiger partial charge in [-0.1, -0.05) is 44.3 Å². The summed E-state index contributed by atoms with van der Waals surface area (Å²) >= 11 is 0. The Bertz CT molecular complexity index is 323. The molecule has 0 amide bonds. The molecule has 91 valence electrons. The number of unbranched alkanes of at least 4 members (excludes halogenated alkanes) is 2. The molecule has 5 heteroatoms. The van der Waals surface area contributed by atoms with Crippen molar-refractivity contribution in [2.24, 2.45) is 0 Å². The summed E-state index contributed by atoms with van der Waals surface area (Å²) in [5.74, 6) is 0. The average molecular weight is 285 g/mol. The van der Waals surface area contributed by atoms with Crippen molar-refractivity contribution in [1.82, 2.24) is 0 Å². The molecular formula is C11H15CoO3P. The zero-order valence-electron chi connectivity index (χ0n) is 8.93. The van der Waals surface area contributed by atoms with Gasteiger partial charge in [0.05, 0.1) is 0 Å². The molecule has 0 aromatic heterocycles. The number of rotatable bonds is 6. The fourth-order valence-corrected chi connectivity index (χ4v) is 2.07. The fraction of sp³-hybridized carbons (Fsp3) is 0.455. The van der Waals surface area contributed by atoms with Crippen LogP contribution in [0.4, 0.5) is 0 Å². The largest absolute Gasteiger partial charge is 2.00 e. The first kappa shape index (κ1) is 15.9. The van der Waals surface area contributed by atoms with E-state index < -0.39 is 7.60 Å². The molecule has 0 saturated carbocycles. The van der Waals surface area contributed by atoms with E-state index in [1.807, 2.05) is 30.3 Å². The van der Waals surface area contributed by atoms with Gasteiger partial charge in [-0.3, -0.25) is 0 Å². The third-order valence-corrected chi connectivity index (χ3v) is 3.10. The minimum atomic E-state index is -4.28. The zero-order valence-corrected chi connectivity index (χ0v) is 10.9. The molecular weight excluding hydrogens is 270 g/mol. The molecule has 16 heavy (non-hydrogen) atoms. The minimum Gasteiger partial charge on any atom is -0.811 e. The van der Waals surface area contributed by atoms with E-state index >= 15 is 0 Å². The van der Waals surface area contributed by atoms with Crippen LogP contribution in [0.25, 0.3) is 0 Å². The van der Waals surface area contributed by atoms with E-state index in [4.69, 9.17) is 0 Å². The fourth-order valence-electron chi connectivity index (χ4n) is 1.46. The van der Waals surface area contributed by atoms with Crippen LogP contribution in [0.5, 0.6) is 0 Å². The minimum absolute atomic E-state index is 0. The summed E-state index contributed by atoms with van der Waals surface area (Å²) in [6.45, 7) is 0. The number of hydrogen-bond donors (Lipinski definition) is 0. The van der Waals surface area contributed by atoms with Crippen LogP contribution in [0.1, 0.15) is 24.8 Å². The third kappa shape index (κ3) is 8.08. The van der Waals surface area contributed by atoms with Gasteiger partial charge in [0.1, 0.15) is 0 Å². The van der Waals surface area contributed by atoms with Crippen LogP contribution < -0.4 is 9.79 Å². The third-order valence-electron chi connectivity index (χ3n) is 2.24. The summed E-state index contributed by atoms with van der Waals surface area (Å²) in [5, 5.41) is 0. The Morgan fingerprint density at radius 2 is 1.62 bits per heavy atom. The van der Waals surface area contributed by atoms with Crippen molar-refractivity contribution in [3.63, 3.8) is 0 Å². The van der Waals surface area contributed by atoms with Crippen molar-refractivity contribution < 1.29 is 31.1 Å². The van der Waals surface area contributed by atoms with Crippen LogP contribution in [-0.2, 0) is 27.8 Å². The molecule has 0 N–H and O–H groups in total. The maximum atomic E-state index is 10.3. The Hall–Kier alpha value is -0.124. The van der Waals surface area contributed by atoms with Crippen LogP contribution in [0.2, 0.25) is 0 Å². The van der Waals surface area contributed by atoms with Gasteiger partial charge >= 0.3 is 16.8 Å². The standard InChI is InChI=1S/C11H17O3P.Co/c12-15(13,14)10-6-2-5-9-11-7-3-1-4-8-11;/h1,3-4,7-8H,2,5-6,9-10H2,(H2,12,13,14);/q;+2/p-2. The molecule has 1 aromatic rings. The Morgan fingerprint density at radius 3 is 2.19 bits per heavy atom. The van der Waals surface area contributed by atoms with E-state index in [0.29, 0.717) is 6.42 Å². The van der Waals surface area contributed by atoms with Gasteiger partial charge in [-0.2, -0.15) is 0 Å². The quantitative estimate of drug-likeness (QED) is 0.585. The average Bonchev–Trinajstić information content (AvgIpc) is 2.17. The Balaban J connectivity index is 0.00000225. The molecule has 1 rings (SSSR count). The van der Waals surface area contributed by atoms with Crippen LogP contribution in [-0.4, -0.2) is 6.16 Å². The van der Waals surface area contributed by atoms with E-state index in [1.165, 1.54) is 5.56 Å². The monoisotopic (exact) mass is 285 g/mol. The molecule has 1 radical (unpaired) electrons. The first-order valence-corrected chi connectivity index (χ1v) is 6.86. The second kappa shape index (κ2) is 8.04. The molecule has 0 spiro atoms.